The van der Waals surface area contributed by atoms with Crippen LogP contribution in [-0.2, 0) is 11.2 Å². The van der Waals surface area contributed by atoms with Gasteiger partial charge in [-0.2, -0.15) is 4.37 Å². The van der Waals surface area contributed by atoms with E-state index in [1.54, 1.807) is 26.0 Å². The normalized spacial score (nSPS) is 15.1. The molecule has 0 aromatic carbocycles. The van der Waals surface area contributed by atoms with Crippen LogP contribution in [0.25, 0.3) is 0 Å². The number of carbonyl (C=O) groups excluding carboxylic acids is 1. The van der Waals surface area contributed by atoms with Crippen molar-refractivity contribution in [3.05, 3.63) is 5.82 Å². The highest BCUT2D eigenvalue weighted by molar-refractivity contribution is 14.0. The molecule has 0 spiro atoms. The van der Waals surface area contributed by atoms with Crippen LogP contribution in [0.5, 0.6) is 0 Å². The molecule has 0 aliphatic carbocycles. The fraction of sp³-hybridized carbons (Fsp3) is 0.714. The number of nitrogens with one attached hydrogen (secondary N) is 1. The van der Waals surface area contributed by atoms with Crippen molar-refractivity contribution in [1.29, 1.82) is 0 Å². The first kappa shape index (κ1) is 20.9. The first-order valence-electron chi connectivity index (χ1n) is 7.78. The van der Waals surface area contributed by atoms with Gasteiger partial charge >= 0.3 is 0 Å². The van der Waals surface area contributed by atoms with E-state index in [2.05, 4.69) is 36.4 Å². The number of aryl methyl sites for hydroxylation is 1. The van der Waals surface area contributed by atoms with E-state index in [1.165, 1.54) is 11.5 Å². The summed E-state index contributed by atoms with van der Waals surface area (Å²) in [6.07, 6.45) is 0.868. The summed E-state index contributed by atoms with van der Waals surface area (Å²) in [6, 6.07) is 0. The van der Waals surface area contributed by atoms with Gasteiger partial charge in [0.1, 0.15) is 5.82 Å². The summed E-state index contributed by atoms with van der Waals surface area (Å²) in [5, 5.41) is 4.12. The van der Waals surface area contributed by atoms with Crippen molar-refractivity contribution in [1.82, 2.24) is 24.5 Å². The van der Waals surface area contributed by atoms with Gasteiger partial charge in [-0.15, -0.1) is 24.0 Å². The van der Waals surface area contributed by atoms with Crippen LogP contribution in [0.4, 0.5) is 5.13 Å². The molecule has 0 saturated carbocycles. The van der Waals surface area contributed by atoms with Crippen LogP contribution < -0.4 is 10.2 Å². The quantitative estimate of drug-likeness (QED) is 0.395. The molecule has 1 aliphatic heterocycles. The Hall–Kier alpha value is -1.17. The molecule has 136 valence electrons. The molecule has 0 unspecified atom stereocenters. The number of aliphatic imine (C=N–C) groups is 1. The van der Waals surface area contributed by atoms with Crippen molar-refractivity contribution < 1.29 is 4.79 Å². The molecule has 2 heterocycles. The molecular formula is C14H26IN7OS. The third kappa shape index (κ3) is 5.43. The molecule has 1 fully saturated rings. The molecular weight excluding hydrogens is 441 g/mol. The highest BCUT2D eigenvalue weighted by Gasteiger charge is 2.22. The molecule has 1 N–H and O–H groups in total. The Labute approximate surface area is 164 Å². The third-order valence-electron chi connectivity index (χ3n) is 3.73. The summed E-state index contributed by atoms with van der Waals surface area (Å²) in [7, 11) is 5.24. The van der Waals surface area contributed by atoms with Gasteiger partial charge in [-0.1, -0.05) is 6.92 Å². The summed E-state index contributed by atoms with van der Waals surface area (Å²) in [5.41, 5.74) is 0. The zero-order chi connectivity index (χ0) is 16.8. The van der Waals surface area contributed by atoms with Gasteiger partial charge in [0.25, 0.3) is 0 Å². The number of likely N-dealkylation sites (N-methyl/N-ethyl adjacent to an activating group) is 1. The van der Waals surface area contributed by atoms with Crippen molar-refractivity contribution >= 4 is 52.5 Å². The van der Waals surface area contributed by atoms with Gasteiger partial charge in [0.05, 0.1) is 6.54 Å². The van der Waals surface area contributed by atoms with Crippen molar-refractivity contribution in [2.45, 2.75) is 13.3 Å². The van der Waals surface area contributed by atoms with Gasteiger partial charge in [0.2, 0.25) is 11.0 Å². The van der Waals surface area contributed by atoms with Crippen LogP contribution in [0.15, 0.2) is 4.99 Å². The number of guanidine groups is 1. The second-order valence-corrected chi connectivity index (χ2v) is 6.24. The lowest BCUT2D eigenvalue weighted by Crippen LogP contribution is -2.53. The zero-order valence-electron chi connectivity index (χ0n) is 14.7. The summed E-state index contributed by atoms with van der Waals surface area (Å²) < 4.78 is 4.34. The first-order valence-corrected chi connectivity index (χ1v) is 8.55. The maximum Gasteiger partial charge on any atom is 0.241 e. The number of carbonyl (C=O) groups is 1. The van der Waals surface area contributed by atoms with Crippen molar-refractivity contribution in [2.75, 3.05) is 58.8 Å². The lowest BCUT2D eigenvalue weighted by Gasteiger charge is -2.36. The lowest BCUT2D eigenvalue weighted by molar-refractivity contribution is -0.127. The summed E-state index contributed by atoms with van der Waals surface area (Å²) >= 11 is 1.46. The maximum atomic E-state index is 11.7. The van der Waals surface area contributed by atoms with E-state index in [0.717, 1.165) is 49.5 Å². The number of hydrogen-bond acceptors (Lipinski definition) is 6. The smallest absolute Gasteiger partial charge is 0.241 e. The minimum Gasteiger partial charge on any atom is -0.347 e. The summed E-state index contributed by atoms with van der Waals surface area (Å²) in [5.74, 6) is 1.71. The minimum absolute atomic E-state index is 0. The number of anilines is 1. The van der Waals surface area contributed by atoms with E-state index in [9.17, 15) is 4.79 Å². The standard InChI is InChI=1S/C14H25N7OS.HI/c1-5-11-17-14(23-18-11)21-8-6-20(7-9-21)13(15-2)16-10-12(22)19(3)4;/h5-10H2,1-4H3,(H,15,16);1H. The minimum atomic E-state index is 0. The number of amides is 1. The molecule has 10 heteroatoms. The average Bonchev–Trinajstić information content (AvgIpc) is 3.04. The van der Waals surface area contributed by atoms with Crippen LogP contribution >= 0.6 is 35.5 Å². The fourth-order valence-corrected chi connectivity index (χ4v) is 3.07. The Bertz CT molecular complexity index is 555. The SMILES string of the molecule is CCc1nsc(N2CCN(C(=NC)NCC(=O)N(C)C)CC2)n1.I. The molecule has 1 aromatic rings. The van der Waals surface area contributed by atoms with E-state index in [1.807, 2.05) is 0 Å². The van der Waals surface area contributed by atoms with Gasteiger partial charge in [-0.3, -0.25) is 9.79 Å². The molecule has 1 saturated heterocycles. The number of rotatable bonds is 4. The molecule has 1 amide bonds. The Morgan fingerprint density at radius 2 is 2.00 bits per heavy atom. The lowest BCUT2D eigenvalue weighted by atomic mass is 10.3. The van der Waals surface area contributed by atoms with E-state index in [-0.39, 0.29) is 36.4 Å². The summed E-state index contributed by atoms with van der Waals surface area (Å²) in [6.45, 7) is 5.76. The second-order valence-electron chi connectivity index (χ2n) is 5.51. The Balaban J connectivity index is 0.00000288. The molecule has 0 radical (unpaired) electrons. The van der Waals surface area contributed by atoms with E-state index >= 15 is 0 Å². The van der Waals surface area contributed by atoms with Crippen LogP contribution in [0.3, 0.4) is 0 Å². The van der Waals surface area contributed by atoms with Gasteiger partial charge in [-0.05, 0) is 0 Å². The van der Waals surface area contributed by atoms with Gasteiger partial charge in [-0.25, -0.2) is 4.98 Å². The number of nitrogens with zero attached hydrogens (tertiary/aromatic N) is 6. The number of halogens is 1. The van der Waals surface area contributed by atoms with Crippen molar-refractivity contribution in [3.8, 4) is 0 Å². The van der Waals surface area contributed by atoms with E-state index in [4.69, 9.17) is 0 Å². The topological polar surface area (TPSA) is 77.0 Å². The molecule has 1 aliphatic rings. The molecule has 8 nitrogen and oxygen atoms in total. The highest BCUT2D eigenvalue weighted by atomic mass is 127. The molecule has 0 bridgehead atoms. The Morgan fingerprint density at radius 1 is 1.33 bits per heavy atom. The Kier molecular flexibility index (Phi) is 8.67. The zero-order valence-corrected chi connectivity index (χ0v) is 17.8. The fourth-order valence-electron chi connectivity index (χ4n) is 2.27. The van der Waals surface area contributed by atoms with Crippen molar-refractivity contribution in [3.63, 3.8) is 0 Å². The molecule has 0 atom stereocenters. The maximum absolute atomic E-state index is 11.7. The van der Waals surface area contributed by atoms with Gasteiger partial charge in [0, 0.05) is 65.3 Å². The number of hydrogen-bond donors (Lipinski definition) is 1. The predicted molar refractivity (Wildman–Crippen MR) is 109 cm³/mol. The summed E-state index contributed by atoms with van der Waals surface area (Å²) in [4.78, 5) is 26.5. The molecule has 1 aromatic heterocycles. The number of aromatic nitrogens is 2. The molecule has 2 rings (SSSR count). The molecule has 24 heavy (non-hydrogen) atoms. The van der Waals surface area contributed by atoms with Crippen LogP contribution in [-0.4, -0.2) is 84.9 Å². The monoisotopic (exact) mass is 467 g/mol. The number of piperazine rings is 1. The van der Waals surface area contributed by atoms with E-state index in [0.29, 0.717) is 0 Å². The predicted octanol–water partition coefficient (Wildman–Crippen LogP) is 0.504. The largest absolute Gasteiger partial charge is 0.347 e. The first-order chi connectivity index (χ1) is 11.0. The van der Waals surface area contributed by atoms with Gasteiger partial charge < -0.3 is 20.0 Å². The highest BCUT2D eigenvalue weighted by Crippen LogP contribution is 2.19. The Morgan fingerprint density at radius 3 is 2.50 bits per heavy atom. The van der Waals surface area contributed by atoms with Crippen LogP contribution in [0, 0.1) is 0 Å². The second kappa shape index (κ2) is 9.97. The average molecular weight is 467 g/mol. The van der Waals surface area contributed by atoms with Crippen molar-refractivity contribution in [2.24, 2.45) is 4.99 Å². The van der Waals surface area contributed by atoms with Crippen LogP contribution in [0.1, 0.15) is 12.7 Å². The van der Waals surface area contributed by atoms with Gasteiger partial charge in [0.15, 0.2) is 5.96 Å². The van der Waals surface area contributed by atoms with Crippen LogP contribution in [0.2, 0.25) is 0 Å². The third-order valence-corrected chi connectivity index (χ3v) is 4.55. The van der Waals surface area contributed by atoms with E-state index < -0.39 is 0 Å².